The largest absolute Gasteiger partial charge is 0.756 e. The van der Waals surface area contributed by atoms with Crippen molar-refractivity contribution in [2.24, 2.45) is 0 Å². The summed E-state index contributed by atoms with van der Waals surface area (Å²) in [7, 11) is 1.15. The Hall–Kier alpha value is -2.81. The van der Waals surface area contributed by atoms with Crippen molar-refractivity contribution >= 4 is 19.7 Å². The van der Waals surface area contributed by atoms with E-state index in [2.05, 4.69) is 99.0 Å². The number of unbranched alkanes of at least 4 members (excludes halogenated alkanes) is 29. The molecule has 0 heterocycles. The Labute approximate surface area is 476 Å². The Morgan fingerprint density at radius 2 is 0.805 bits per heavy atom. The lowest BCUT2D eigenvalue weighted by Gasteiger charge is -2.30. The van der Waals surface area contributed by atoms with Crippen LogP contribution >= 0.6 is 7.82 Å². The average Bonchev–Trinajstić information content (AvgIpc) is 3.39. The number of nitrogens with one attached hydrogen (secondary N) is 1. The number of phosphoric acid groups is 1. The Morgan fingerprint density at radius 3 is 1.23 bits per heavy atom. The highest BCUT2D eigenvalue weighted by atomic mass is 31.2. The van der Waals surface area contributed by atoms with Gasteiger partial charge in [0.15, 0.2) is 0 Å². The highest BCUT2D eigenvalue weighted by Crippen LogP contribution is 2.38. The second-order valence-electron chi connectivity index (χ2n) is 22.6. The molecular weight excluding hydrogens is 976 g/mol. The Kier molecular flexibility index (Phi) is 54.4. The lowest BCUT2D eigenvalue weighted by molar-refractivity contribution is -0.870. The SMILES string of the molecule is CCCCC/C=C\C/C=C\C/C=C\C/C=C\CCCC(=O)NC(COP(=O)([O-])OCC[N+](C)(C)C)C(/C=C/CCCCCCCCCCCCC)OC(=O)CCCCCCCCCCCCC/C=C\C/C=C\CCCCC. The average molecular weight is 1100 g/mol. The third-order valence-corrected chi connectivity index (χ3v) is 14.8. The first-order valence-corrected chi connectivity index (χ1v) is 33.4. The van der Waals surface area contributed by atoms with Crippen LogP contribution in [0.15, 0.2) is 85.1 Å². The van der Waals surface area contributed by atoms with Crippen molar-refractivity contribution in [3.05, 3.63) is 85.1 Å². The minimum absolute atomic E-state index is 0.0354. The van der Waals surface area contributed by atoms with Gasteiger partial charge >= 0.3 is 5.97 Å². The number of ether oxygens (including phenoxy) is 1. The number of nitrogens with zero attached hydrogens (tertiary/aromatic N) is 1. The van der Waals surface area contributed by atoms with E-state index in [0.29, 0.717) is 17.4 Å². The lowest BCUT2D eigenvalue weighted by atomic mass is 10.0. The van der Waals surface area contributed by atoms with E-state index in [9.17, 15) is 19.0 Å². The molecule has 0 saturated carbocycles. The molecule has 10 heteroatoms. The maximum absolute atomic E-state index is 13.5. The zero-order valence-electron chi connectivity index (χ0n) is 50.9. The summed E-state index contributed by atoms with van der Waals surface area (Å²) >= 11 is 0. The topological polar surface area (TPSA) is 114 Å². The molecule has 0 radical (unpaired) electrons. The molecule has 0 aliphatic carbocycles. The van der Waals surface area contributed by atoms with Crippen LogP contribution in [0.1, 0.15) is 278 Å². The van der Waals surface area contributed by atoms with Crippen LogP contribution in [-0.4, -0.2) is 69.4 Å². The number of allylic oxidation sites excluding steroid dienone is 13. The molecule has 1 N–H and O–H groups in total. The third-order valence-electron chi connectivity index (χ3n) is 13.8. The van der Waals surface area contributed by atoms with Crippen LogP contribution in [0.3, 0.4) is 0 Å². The van der Waals surface area contributed by atoms with Gasteiger partial charge < -0.3 is 28.5 Å². The first-order valence-electron chi connectivity index (χ1n) is 31.9. The molecule has 0 spiro atoms. The van der Waals surface area contributed by atoms with Crippen LogP contribution in [0, 0.1) is 0 Å². The number of phosphoric ester groups is 1. The first-order chi connectivity index (χ1) is 37.4. The zero-order valence-corrected chi connectivity index (χ0v) is 51.8. The number of carbonyl (C=O) groups excluding carboxylic acids is 2. The van der Waals surface area contributed by atoms with E-state index >= 15 is 0 Å². The van der Waals surface area contributed by atoms with Crippen molar-refractivity contribution in [2.75, 3.05) is 40.9 Å². The standard InChI is InChI=1S/C67H121N2O7P/c1-7-10-13-16-19-22-25-28-30-32-33-34-35-37-39-42-45-48-51-54-57-60-67(71)76-65(58-55-52-49-46-43-40-27-24-21-18-15-12-9-3)64(63-75-77(72,73)74-62-61-69(4,5)6)68-66(70)59-56-53-50-47-44-41-38-36-31-29-26-23-20-17-14-11-8-2/h19-20,22-23,28-31,38,41,47,50,55,58,64-65H,7-18,21,24-27,32-37,39-40,42-46,48-49,51-54,56-57,59-63H2,1-6H3,(H-,68,70,72,73)/b22-19-,23-20-,30-28-,31-29-,41-38-,50-47-,58-55+. The molecule has 0 rings (SSSR count). The van der Waals surface area contributed by atoms with Gasteiger partial charge in [-0.2, -0.15) is 0 Å². The van der Waals surface area contributed by atoms with Crippen molar-refractivity contribution in [3.63, 3.8) is 0 Å². The van der Waals surface area contributed by atoms with E-state index in [0.717, 1.165) is 77.0 Å². The van der Waals surface area contributed by atoms with Gasteiger partial charge in [0.1, 0.15) is 19.3 Å². The fourth-order valence-electron chi connectivity index (χ4n) is 8.84. The van der Waals surface area contributed by atoms with Crippen LogP contribution < -0.4 is 10.2 Å². The minimum Gasteiger partial charge on any atom is -0.756 e. The summed E-state index contributed by atoms with van der Waals surface area (Å²) in [6.45, 7) is 6.76. The van der Waals surface area contributed by atoms with Crippen LogP contribution in [0.4, 0.5) is 0 Å². The molecule has 3 unspecified atom stereocenters. The van der Waals surface area contributed by atoms with Crippen LogP contribution in [-0.2, 0) is 27.9 Å². The second-order valence-corrected chi connectivity index (χ2v) is 24.0. The number of rotatable bonds is 57. The van der Waals surface area contributed by atoms with Crippen molar-refractivity contribution in [1.29, 1.82) is 0 Å². The number of quaternary nitrogens is 1. The van der Waals surface area contributed by atoms with Gasteiger partial charge in [-0.15, -0.1) is 0 Å². The second kappa shape index (κ2) is 56.5. The van der Waals surface area contributed by atoms with E-state index in [1.807, 2.05) is 33.3 Å². The molecule has 1 amide bonds. The molecule has 0 saturated heterocycles. The van der Waals surface area contributed by atoms with E-state index < -0.39 is 26.6 Å². The van der Waals surface area contributed by atoms with Gasteiger partial charge in [0.2, 0.25) is 5.91 Å². The maximum Gasteiger partial charge on any atom is 0.306 e. The summed E-state index contributed by atoms with van der Waals surface area (Å²) in [6, 6.07) is -0.921. The summed E-state index contributed by atoms with van der Waals surface area (Å²) < 4.78 is 30.3. The molecule has 0 aliphatic rings. The van der Waals surface area contributed by atoms with Gasteiger partial charge in [0.05, 0.1) is 33.8 Å². The van der Waals surface area contributed by atoms with E-state index in [4.69, 9.17) is 13.8 Å². The van der Waals surface area contributed by atoms with Crippen molar-refractivity contribution in [3.8, 4) is 0 Å². The highest BCUT2D eigenvalue weighted by Gasteiger charge is 2.27. The Morgan fingerprint density at radius 1 is 0.455 bits per heavy atom. The summed E-state index contributed by atoms with van der Waals surface area (Å²) in [5.41, 5.74) is 0. The number of hydrogen-bond donors (Lipinski definition) is 1. The number of hydrogen-bond acceptors (Lipinski definition) is 7. The molecule has 446 valence electrons. The van der Waals surface area contributed by atoms with Gasteiger partial charge in [-0.25, -0.2) is 0 Å². The van der Waals surface area contributed by atoms with E-state index in [1.165, 1.54) is 161 Å². The maximum atomic E-state index is 13.5. The van der Waals surface area contributed by atoms with Crippen molar-refractivity contribution < 1.29 is 37.3 Å². The van der Waals surface area contributed by atoms with Gasteiger partial charge in [-0.3, -0.25) is 14.2 Å². The Bertz CT molecular complexity index is 1590. The van der Waals surface area contributed by atoms with Gasteiger partial charge in [-0.1, -0.05) is 247 Å². The predicted molar refractivity (Wildman–Crippen MR) is 330 cm³/mol. The number of likely N-dealkylation sites (N-methyl/N-ethyl adjacent to an activating group) is 1. The predicted octanol–water partition coefficient (Wildman–Crippen LogP) is 19.1. The van der Waals surface area contributed by atoms with Crippen LogP contribution in [0.2, 0.25) is 0 Å². The van der Waals surface area contributed by atoms with E-state index in [1.54, 1.807) is 0 Å². The molecule has 0 bridgehead atoms. The lowest BCUT2D eigenvalue weighted by Crippen LogP contribution is -2.47. The van der Waals surface area contributed by atoms with Crippen molar-refractivity contribution in [1.82, 2.24) is 5.32 Å². The highest BCUT2D eigenvalue weighted by molar-refractivity contribution is 7.45. The minimum atomic E-state index is -4.72. The number of esters is 1. The molecule has 0 aromatic carbocycles. The summed E-state index contributed by atoms with van der Waals surface area (Å²) in [5, 5.41) is 3.00. The fourth-order valence-corrected chi connectivity index (χ4v) is 9.56. The zero-order chi connectivity index (χ0) is 56.4. The quantitative estimate of drug-likeness (QED) is 0.0212. The summed E-state index contributed by atoms with van der Waals surface area (Å²) in [5.74, 6) is -0.607. The molecule has 0 aliphatic heterocycles. The summed E-state index contributed by atoms with van der Waals surface area (Å²) in [4.78, 5) is 40.0. The summed E-state index contributed by atoms with van der Waals surface area (Å²) in [6.07, 6.45) is 74.1. The number of carbonyl (C=O) groups is 2. The van der Waals surface area contributed by atoms with Crippen LogP contribution in [0.25, 0.3) is 0 Å². The third kappa shape index (κ3) is 57.7. The molecular formula is C67H121N2O7P. The fraction of sp³-hybridized carbons (Fsp3) is 0.761. The Balaban J connectivity index is 5.32. The molecule has 0 aromatic rings. The molecule has 3 atom stereocenters. The monoisotopic (exact) mass is 1100 g/mol. The number of amides is 1. The molecule has 0 fully saturated rings. The molecule has 77 heavy (non-hydrogen) atoms. The normalized spacial score (nSPS) is 14.2. The molecule has 0 aromatic heterocycles. The van der Waals surface area contributed by atoms with Gasteiger partial charge in [-0.05, 0) is 102 Å². The van der Waals surface area contributed by atoms with Crippen LogP contribution in [0.5, 0.6) is 0 Å². The van der Waals surface area contributed by atoms with Crippen molar-refractivity contribution in [2.45, 2.75) is 290 Å². The first kappa shape index (κ1) is 74.2. The van der Waals surface area contributed by atoms with Gasteiger partial charge in [0.25, 0.3) is 7.82 Å². The van der Waals surface area contributed by atoms with E-state index in [-0.39, 0.29) is 31.3 Å². The molecule has 9 nitrogen and oxygen atoms in total. The smallest absolute Gasteiger partial charge is 0.306 e. The van der Waals surface area contributed by atoms with Gasteiger partial charge in [0, 0.05) is 12.8 Å².